The molecule has 2 aromatic heterocycles. The molecular weight excluding hydrogens is 246 g/mol. The largest absolute Gasteiger partial charge is 0.374 e. The van der Waals surface area contributed by atoms with E-state index in [0.29, 0.717) is 0 Å². The average molecular weight is 265 g/mol. The lowest BCUT2D eigenvalue weighted by Gasteiger charge is -2.11. The van der Waals surface area contributed by atoms with E-state index in [4.69, 9.17) is 4.74 Å². The molecule has 2 rings (SSSR count). The molecule has 0 aromatic carbocycles. The van der Waals surface area contributed by atoms with Gasteiger partial charge in [-0.3, -0.25) is 0 Å². The number of thiophene rings is 1. The van der Waals surface area contributed by atoms with Gasteiger partial charge in [-0.25, -0.2) is 9.97 Å². The molecule has 0 aliphatic carbocycles. The van der Waals surface area contributed by atoms with Crippen LogP contribution in [0.25, 0.3) is 10.2 Å². The summed E-state index contributed by atoms with van der Waals surface area (Å²) in [7, 11) is 1.68. The van der Waals surface area contributed by atoms with E-state index in [9.17, 15) is 0 Å². The lowest BCUT2D eigenvalue weighted by molar-refractivity contribution is 0.112. The van der Waals surface area contributed by atoms with Gasteiger partial charge in [0.2, 0.25) is 0 Å². The molecule has 0 bridgehead atoms. The summed E-state index contributed by atoms with van der Waals surface area (Å²) in [5.74, 6) is 1.66. The summed E-state index contributed by atoms with van der Waals surface area (Å²) in [5, 5.41) is 4.48. The zero-order valence-electron chi connectivity index (χ0n) is 11.3. The van der Waals surface area contributed by atoms with E-state index in [2.05, 4.69) is 35.2 Å². The Morgan fingerprint density at radius 2 is 2.22 bits per heavy atom. The SMILES string of the molecule is CCCNc1nc(C(C)OC)nc2sc(C)cc12. The van der Waals surface area contributed by atoms with Gasteiger partial charge < -0.3 is 10.1 Å². The average Bonchev–Trinajstić information content (AvgIpc) is 2.75. The fraction of sp³-hybridized carbons (Fsp3) is 0.538. The van der Waals surface area contributed by atoms with Crippen molar-refractivity contribution >= 4 is 27.4 Å². The Kier molecular flexibility index (Phi) is 4.14. The maximum Gasteiger partial charge on any atom is 0.160 e. The van der Waals surface area contributed by atoms with Gasteiger partial charge in [-0.15, -0.1) is 11.3 Å². The number of hydrogen-bond donors (Lipinski definition) is 1. The molecule has 2 heterocycles. The molecule has 0 saturated heterocycles. The number of fused-ring (bicyclic) bond motifs is 1. The van der Waals surface area contributed by atoms with Crippen LogP contribution in [0.1, 0.15) is 37.1 Å². The van der Waals surface area contributed by atoms with Gasteiger partial charge >= 0.3 is 0 Å². The van der Waals surface area contributed by atoms with E-state index in [1.807, 2.05) is 6.92 Å². The molecule has 0 aliphatic rings. The van der Waals surface area contributed by atoms with Crippen LogP contribution in [-0.2, 0) is 4.74 Å². The number of anilines is 1. The van der Waals surface area contributed by atoms with Crippen LogP contribution in [0.4, 0.5) is 5.82 Å². The van der Waals surface area contributed by atoms with Crippen LogP contribution in [0.2, 0.25) is 0 Å². The minimum Gasteiger partial charge on any atom is -0.374 e. The lowest BCUT2D eigenvalue weighted by atomic mass is 10.3. The van der Waals surface area contributed by atoms with Crippen molar-refractivity contribution < 1.29 is 4.74 Å². The Morgan fingerprint density at radius 1 is 1.44 bits per heavy atom. The van der Waals surface area contributed by atoms with Crippen molar-refractivity contribution in [3.8, 4) is 0 Å². The fourth-order valence-corrected chi connectivity index (χ4v) is 2.61. The van der Waals surface area contributed by atoms with Gasteiger partial charge in [0.05, 0.1) is 5.39 Å². The number of rotatable bonds is 5. The van der Waals surface area contributed by atoms with Crippen molar-refractivity contribution in [3.05, 3.63) is 16.8 Å². The van der Waals surface area contributed by atoms with Gasteiger partial charge in [-0.1, -0.05) is 6.92 Å². The Labute approximate surface area is 111 Å². The molecule has 18 heavy (non-hydrogen) atoms. The summed E-state index contributed by atoms with van der Waals surface area (Å²) in [5.41, 5.74) is 0. The van der Waals surface area contributed by atoms with E-state index in [1.165, 1.54) is 4.88 Å². The zero-order chi connectivity index (χ0) is 13.1. The highest BCUT2D eigenvalue weighted by molar-refractivity contribution is 7.18. The molecule has 0 spiro atoms. The third kappa shape index (κ3) is 2.62. The predicted molar refractivity (Wildman–Crippen MR) is 76.4 cm³/mol. The van der Waals surface area contributed by atoms with E-state index in [0.717, 1.165) is 34.8 Å². The van der Waals surface area contributed by atoms with Crippen molar-refractivity contribution in [2.45, 2.75) is 33.3 Å². The molecule has 0 fully saturated rings. The van der Waals surface area contributed by atoms with Crippen LogP contribution in [0.15, 0.2) is 6.07 Å². The number of hydrogen-bond acceptors (Lipinski definition) is 5. The molecule has 0 radical (unpaired) electrons. The van der Waals surface area contributed by atoms with Crippen LogP contribution in [-0.4, -0.2) is 23.6 Å². The number of aromatic nitrogens is 2. The van der Waals surface area contributed by atoms with Gasteiger partial charge in [0.25, 0.3) is 0 Å². The maximum absolute atomic E-state index is 5.30. The summed E-state index contributed by atoms with van der Waals surface area (Å²) < 4.78 is 5.30. The molecule has 98 valence electrons. The van der Waals surface area contributed by atoms with E-state index in [-0.39, 0.29) is 6.10 Å². The summed E-state index contributed by atoms with van der Waals surface area (Å²) in [4.78, 5) is 11.4. The molecule has 1 unspecified atom stereocenters. The molecule has 1 N–H and O–H groups in total. The number of ether oxygens (including phenoxy) is 1. The summed E-state index contributed by atoms with van der Waals surface area (Å²) >= 11 is 1.70. The normalized spacial score (nSPS) is 12.9. The second-order valence-corrected chi connectivity index (χ2v) is 5.55. The second kappa shape index (κ2) is 5.63. The quantitative estimate of drug-likeness (QED) is 0.898. The standard InChI is InChI=1S/C13H19N3OS/c1-5-6-14-12-10-7-8(2)18-13(10)16-11(15-12)9(3)17-4/h7,9H,5-6H2,1-4H3,(H,14,15,16). The van der Waals surface area contributed by atoms with E-state index < -0.39 is 0 Å². The van der Waals surface area contributed by atoms with Gasteiger partial charge in [0, 0.05) is 18.5 Å². The maximum atomic E-state index is 5.30. The minimum atomic E-state index is -0.0843. The topological polar surface area (TPSA) is 47.0 Å². The van der Waals surface area contributed by atoms with Gasteiger partial charge in [0.1, 0.15) is 16.8 Å². The highest BCUT2D eigenvalue weighted by Crippen LogP contribution is 2.30. The first-order chi connectivity index (χ1) is 8.65. The van der Waals surface area contributed by atoms with Crippen LogP contribution < -0.4 is 5.32 Å². The van der Waals surface area contributed by atoms with Crippen LogP contribution in [0.5, 0.6) is 0 Å². The highest BCUT2D eigenvalue weighted by atomic mass is 32.1. The monoisotopic (exact) mass is 265 g/mol. The molecule has 0 amide bonds. The van der Waals surface area contributed by atoms with Gasteiger partial charge in [-0.05, 0) is 26.3 Å². The smallest absolute Gasteiger partial charge is 0.160 e. The third-order valence-corrected chi connectivity index (χ3v) is 3.74. The summed E-state index contributed by atoms with van der Waals surface area (Å²) in [6.07, 6.45) is 0.989. The van der Waals surface area contributed by atoms with E-state index in [1.54, 1.807) is 18.4 Å². The minimum absolute atomic E-state index is 0.0843. The van der Waals surface area contributed by atoms with Gasteiger partial charge in [-0.2, -0.15) is 0 Å². The first-order valence-corrected chi connectivity index (χ1v) is 7.02. The Morgan fingerprint density at radius 3 is 2.89 bits per heavy atom. The third-order valence-electron chi connectivity index (χ3n) is 2.79. The van der Waals surface area contributed by atoms with Crippen LogP contribution >= 0.6 is 11.3 Å². The number of aryl methyl sites for hydroxylation is 1. The molecule has 0 saturated carbocycles. The van der Waals surface area contributed by atoms with Crippen molar-refractivity contribution in [3.63, 3.8) is 0 Å². The van der Waals surface area contributed by atoms with Crippen molar-refractivity contribution in [1.82, 2.24) is 9.97 Å². The highest BCUT2D eigenvalue weighted by Gasteiger charge is 2.14. The Bertz CT molecular complexity index is 538. The fourth-order valence-electron chi connectivity index (χ4n) is 1.72. The van der Waals surface area contributed by atoms with Crippen LogP contribution in [0, 0.1) is 6.92 Å². The molecule has 4 nitrogen and oxygen atoms in total. The van der Waals surface area contributed by atoms with Crippen molar-refractivity contribution in [2.24, 2.45) is 0 Å². The van der Waals surface area contributed by atoms with Crippen LogP contribution in [0.3, 0.4) is 0 Å². The summed E-state index contributed by atoms with van der Waals surface area (Å²) in [6.45, 7) is 7.12. The van der Waals surface area contributed by atoms with E-state index >= 15 is 0 Å². The molecule has 2 aromatic rings. The Balaban J connectivity index is 2.49. The second-order valence-electron chi connectivity index (χ2n) is 4.31. The number of nitrogens with one attached hydrogen (secondary N) is 1. The Hall–Kier alpha value is -1.20. The molecule has 0 aliphatic heterocycles. The summed E-state index contributed by atoms with van der Waals surface area (Å²) in [6, 6.07) is 2.14. The van der Waals surface area contributed by atoms with Crippen molar-refractivity contribution in [1.29, 1.82) is 0 Å². The first-order valence-electron chi connectivity index (χ1n) is 6.20. The molecule has 5 heteroatoms. The predicted octanol–water partition coefficient (Wildman–Crippen LogP) is 3.53. The zero-order valence-corrected chi connectivity index (χ0v) is 12.1. The lowest BCUT2D eigenvalue weighted by Crippen LogP contribution is -2.08. The van der Waals surface area contributed by atoms with Crippen molar-refractivity contribution in [2.75, 3.05) is 19.0 Å². The number of nitrogens with zero attached hydrogens (tertiary/aromatic N) is 2. The molecule has 1 atom stereocenters. The van der Waals surface area contributed by atoms with Gasteiger partial charge in [0.15, 0.2) is 5.82 Å². The molecular formula is C13H19N3OS. The first kappa shape index (κ1) is 13.2. The number of methoxy groups -OCH3 is 1.